The van der Waals surface area contributed by atoms with Crippen LogP contribution in [-0.2, 0) is 4.79 Å². The summed E-state index contributed by atoms with van der Waals surface area (Å²) in [6, 6.07) is 0.365. The molecule has 2 saturated heterocycles. The van der Waals surface area contributed by atoms with Crippen molar-refractivity contribution in [2.24, 2.45) is 5.92 Å². The summed E-state index contributed by atoms with van der Waals surface area (Å²) >= 11 is 0. The van der Waals surface area contributed by atoms with E-state index in [1.165, 1.54) is 0 Å². The first kappa shape index (κ1) is 14.1. The van der Waals surface area contributed by atoms with Crippen LogP contribution in [0, 0.1) is 5.92 Å². The Morgan fingerprint density at radius 1 is 1.11 bits per heavy atom. The van der Waals surface area contributed by atoms with E-state index in [9.17, 15) is 9.59 Å². The average Bonchev–Trinajstić information content (AvgIpc) is 2.41. The largest absolute Gasteiger partial charge is 0.481 e. The van der Waals surface area contributed by atoms with E-state index in [1.54, 1.807) is 4.90 Å². The number of nitrogens with zero attached hydrogens (tertiary/aromatic N) is 3. The van der Waals surface area contributed by atoms with Crippen LogP contribution < -0.4 is 0 Å². The molecule has 6 heteroatoms. The van der Waals surface area contributed by atoms with Gasteiger partial charge in [0.05, 0.1) is 5.92 Å². The van der Waals surface area contributed by atoms with Gasteiger partial charge in [0, 0.05) is 38.8 Å². The molecule has 6 nitrogen and oxygen atoms in total. The normalized spacial score (nSPS) is 29.4. The SMILES string of the molecule is CC1CN(C(=O)N2CCCC(C(=O)O)C2)CCN1C. The van der Waals surface area contributed by atoms with Crippen LogP contribution in [0.2, 0.25) is 0 Å². The number of piperidine rings is 1. The first-order valence-corrected chi connectivity index (χ1v) is 6.96. The standard InChI is InChI=1S/C13H23N3O3/c1-10-8-16(7-6-14(10)2)13(19)15-5-3-4-11(9-15)12(17)18/h10-11H,3-9H2,1-2H3,(H,17,18). The zero-order chi connectivity index (χ0) is 14.0. The number of carbonyl (C=O) groups excluding carboxylic acids is 1. The highest BCUT2D eigenvalue weighted by molar-refractivity contribution is 5.76. The summed E-state index contributed by atoms with van der Waals surface area (Å²) in [6.45, 7) is 5.48. The molecule has 0 saturated carbocycles. The molecular formula is C13H23N3O3. The molecule has 2 unspecified atom stereocenters. The number of amides is 2. The molecule has 2 fully saturated rings. The van der Waals surface area contributed by atoms with Crippen molar-refractivity contribution in [2.45, 2.75) is 25.8 Å². The third-order valence-corrected chi connectivity index (χ3v) is 4.27. The predicted octanol–water partition coefficient (Wildman–Crippen LogP) is 0.539. The van der Waals surface area contributed by atoms with Crippen molar-refractivity contribution in [3.63, 3.8) is 0 Å². The Hall–Kier alpha value is -1.30. The fourth-order valence-corrected chi connectivity index (χ4v) is 2.77. The van der Waals surface area contributed by atoms with E-state index in [0.717, 1.165) is 26.1 Å². The third-order valence-electron chi connectivity index (χ3n) is 4.27. The molecule has 0 aromatic rings. The molecular weight excluding hydrogens is 246 g/mol. The number of carbonyl (C=O) groups is 2. The van der Waals surface area contributed by atoms with Crippen molar-refractivity contribution >= 4 is 12.0 Å². The molecule has 2 heterocycles. The quantitative estimate of drug-likeness (QED) is 0.754. The Morgan fingerprint density at radius 3 is 2.42 bits per heavy atom. The number of urea groups is 1. The van der Waals surface area contributed by atoms with Gasteiger partial charge in [0.2, 0.25) is 0 Å². The van der Waals surface area contributed by atoms with Gasteiger partial charge in [-0.25, -0.2) is 4.79 Å². The van der Waals surface area contributed by atoms with E-state index < -0.39 is 11.9 Å². The first-order valence-electron chi connectivity index (χ1n) is 6.96. The van der Waals surface area contributed by atoms with Gasteiger partial charge in [-0.3, -0.25) is 4.79 Å². The van der Waals surface area contributed by atoms with Crippen molar-refractivity contribution in [3.8, 4) is 0 Å². The van der Waals surface area contributed by atoms with Crippen LogP contribution >= 0.6 is 0 Å². The number of hydrogen-bond donors (Lipinski definition) is 1. The fraction of sp³-hybridized carbons (Fsp3) is 0.846. The zero-order valence-electron chi connectivity index (χ0n) is 11.7. The number of hydrogen-bond acceptors (Lipinski definition) is 3. The van der Waals surface area contributed by atoms with E-state index in [1.807, 2.05) is 4.90 Å². The lowest BCUT2D eigenvalue weighted by molar-refractivity contribution is -0.143. The van der Waals surface area contributed by atoms with Crippen molar-refractivity contribution in [1.82, 2.24) is 14.7 Å². The summed E-state index contributed by atoms with van der Waals surface area (Å²) in [4.78, 5) is 29.3. The minimum absolute atomic E-state index is 0.00546. The van der Waals surface area contributed by atoms with Crippen LogP contribution in [0.4, 0.5) is 4.79 Å². The predicted molar refractivity (Wildman–Crippen MR) is 71.0 cm³/mol. The molecule has 2 amide bonds. The Morgan fingerprint density at radius 2 is 1.79 bits per heavy atom. The van der Waals surface area contributed by atoms with Crippen molar-refractivity contribution in [2.75, 3.05) is 39.8 Å². The summed E-state index contributed by atoms with van der Waals surface area (Å²) < 4.78 is 0. The lowest BCUT2D eigenvalue weighted by atomic mass is 9.98. The first-order chi connectivity index (χ1) is 8.99. The highest BCUT2D eigenvalue weighted by Crippen LogP contribution is 2.19. The van der Waals surface area contributed by atoms with Crippen LogP contribution in [0.3, 0.4) is 0 Å². The summed E-state index contributed by atoms with van der Waals surface area (Å²) in [5.41, 5.74) is 0. The number of aliphatic carboxylic acids is 1. The molecule has 0 bridgehead atoms. The summed E-state index contributed by atoms with van der Waals surface area (Å²) in [6.07, 6.45) is 1.46. The van der Waals surface area contributed by atoms with Gasteiger partial charge >= 0.3 is 12.0 Å². The van der Waals surface area contributed by atoms with Gasteiger partial charge in [-0.1, -0.05) is 0 Å². The Balaban J connectivity index is 1.94. The Labute approximate surface area is 114 Å². The molecule has 1 N–H and O–H groups in total. The third kappa shape index (κ3) is 3.18. The number of likely N-dealkylation sites (N-methyl/N-ethyl adjacent to an activating group) is 1. The molecule has 2 aliphatic heterocycles. The smallest absolute Gasteiger partial charge is 0.320 e. The summed E-state index contributed by atoms with van der Waals surface area (Å²) in [7, 11) is 2.06. The lowest BCUT2D eigenvalue weighted by Gasteiger charge is -2.41. The Kier molecular flexibility index (Phi) is 4.29. The van der Waals surface area contributed by atoms with Crippen LogP contribution in [0.1, 0.15) is 19.8 Å². The number of rotatable bonds is 1. The molecule has 108 valence electrons. The molecule has 2 atom stereocenters. The van der Waals surface area contributed by atoms with Gasteiger partial charge in [0.1, 0.15) is 0 Å². The second-order valence-corrected chi connectivity index (χ2v) is 5.68. The minimum atomic E-state index is -0.788. The van der Waals surface area contributed by atoms with Gasteiger partial charge in [0.15, 0.2) is 0 Å². The second-order valence-electron chi connectivity index (χ2n) is 5.68. The van der Waals surface area contributed by atoms with Crippen LogP contribution in [0.25, 0.3) is 0 Å². The van der Waals surface area contributed by atoms with Crippen molar-refractivity contribution in [3.05, 3.63) is 0 Å². The van der Waals surface area contributed by atoms with E-state index >= 15 is 0 Å². The average molecular weight is 269 g/mol. The van der Waals surface area contributed by atoms with E-state index in [-0.39, 0.29) is 6.03 Å². The topological polar surface area (TPSA) is 64.1 Å². The molecule has 0 aromatic heterocycles. The number of likely N-dealkylation sites (tertiary alicyclic amines) is 1. The van der Waals surface area contributed by atoms with Gasteiger partial charge in [0.25, 0.3) is 0 Å². The highest BCUT2D eigenvalue weighted by atomic mass is 16.4. The number of carboxylic acid groups (broad SMARTS) is 1. The molecule has 2 aliphatic rings. The maximum Gasteiger partial charge on any atom is 0.320 e. The molecule has 0 aromatic carbocycles. The summed E-state index contributed by atoms with van der Waals surface area (Å²) in [5, 5.41) is 9.07. The number of carboxylic acids is 1. The van der Waals surface area contributed by atoms with Crippen molar-refractivity contribution in [1.29, 1.82) is 0 Å². The summed E-state index contributed by atoms with van der Waals surface area (Å²) in [5.74, 6) is -1.19. The number of piperazine rings is 1. The van der Waals surface area contributed by atoms with Crippen LogP contribution in [0.15, 0.2) is 0 Å². The molecule has 0 spiro atoms. The van der Waals surface area contributed by atoms with E-state index in [4.69, 9.17) is 5.11 Å². The van der Waals surface area contributed by atoms with Crippen LogP contribution in [0.5, 0.6) is 0 Å². The highest BCUT2D eigenvalue weighted by Gasteiger charge is 2.32. The lowest BCUT2D eigenvalue weighted by Crippen LogP contribution is -2.56. The van der Waals surface area contributed by atoms with E-state index in [2.05, 4.69) is 18.9 Å². The van der Waals surface area contributed by atoms with Crippen LogP contribution in [-0.4, -0.2) is 77.6 Å². The second kappa shape index (κ2) is 5.77. The molecule has 0 aliphatic carbocycles. The van der Waals surface area contributed by atoms with Gasteiger partial charge in [-0.2, -0.15) is 0 Å². The van der Waals surface area contributed by atoms with Gasteiger partial charge < -0.3 is 19.8 Å². The van der Waals surface area contributed by atoms with E-state index in [0.29, 0.717) is 25.6 Å². The monoisotopic (exact) mass is 269 g/mol. The van der Waals surface area contributed by atoms with Crippen molar-refractivity contribution < 1.29 is 14.7 Å². The molecule has 0 radical (unpaired) electrons. The van der Waals surface area contributed by atoms with Gasteiger partial charge in [-0.05, 0) is 26.8 Å². The zero-order valence-corrected chi connectivity index (χ0v) is 11.7. The maximum atomic E-state index is 12.4. The maximum absolute atomic E-state index is 12.4. The molecule has 2 rings (SSSR count). The minimum Gasteiger partial charge on any atom is -0.481 e. The Bertz CT molecular complexity index is 361. The van der Waals surface area contributed by atoms with Gasteiger partial charge in [-0.15, -0.1) is 0 Å². The molecule has 19 heavy (non-hydrogen) atoms. The fourth-order valence-electron chi connectivity index (χ4n) is 2.77.